The van der Waals surface area contributed by atoms with Gasteiger partial charge in [-0.05, 0) is 89.4 Å². The molecule has 2 saturated heterocycles. The highest BCUT2D eigenvalue weighted by Crippen LogP contribution is 2.49. The third kappa shape index (κ3) is 7.01. The first-order valence-electron chi connectivity index (χ1n) is 14.9. The summed E-state index contributed by atoms with van der Waals surface area (Å²) in [7, 11) is 0. The molecule has 3 aliphatic rings. The monoisotopic (exact) mass is 659 g/mol. The molecular formula is C31H42BrN5O6. The molecule has 2 fully saturated rings. The van der Waals surface area contributed by atoms with E-state index in [1.807, 2.05) is 60.6 Å². The summed E-state index contributed by atoms with van der Waals surface area (Å²) in [4.78, 5) is 41.8. The number of ether oxygens (including phenoxy) is 4. The predicted octanol–water partition coefficient (Wildman–Crippen LogP) is 6.72. The van der Waals surface area contributed by atoms with Crippen molar-refractivity contribution in [1.82, 2.24) is 14.9 Å². The lowest BCUT2D eigenvalue weighted by Gasteiger charge is -2.34. The highest BCUT2D eigenvalue weighted by Gasteiger charge is 2.39. The number of piperidine rings is 1. The number of anilines is 3. The second-order valence-corrected chi connectivity index (χ2v) is 13.9. The quantitative estimate of drug-likeness (QED) is 0.325. The van der Waals surface area contributed by atoms with Gasteiger partial charge in [-0.25, -0.2) is 24.5 Å². The smallest absolute Gasteiger partial charge is 0.420 e. The molecule has 43 heavy (non-hydrogen) atoms. The standard InChI is InChI=1S/C31H42BrN5O6/c1-19-24-22(35-14-16-40-17-15-35)8-11-33-27(24)37(29(39)43-31(5,6)7)23-18-21(34-26(32)25(23)41-19)20-9-12-36(13-10-20)28(38)42-30(2,3)4/h8,11,18-20H,9-10,12-17H2,1-7H3. The van der Waals surface area contributed by atoms with E-state index in [0.717, 1.165) is 30.0 Å². The van der Waals surface area contributed by atoms with Crippen LogP contribution >= 0.6 is 15.9 Å². The topological polar surface area (TPSA) is 107 Å². The fourth-order valence-electron chi connectivity index (χ4n) is 5.62. The van der Waals surface area contributed by atoms with Gasteiger partial charge in [0.1, 0.15) is 23.0 Å². The van der Waals surface area contributed by atoms with Crippen molar-refractivity contribution in [2.45, 2.75) is 84.5 Å². The summed E-state index contributed by atoms with van der Waals surface area (Å²) in [6.45, 7) is 16.9. The second kappa shape index (κ2) is 12.1. The number of morpholine rings is 1. The molecule has 12 heteroatoms. The zero-order valence-electron chi connectivity index (χ0n) is 26.1. The average Bonchev–Trinajstić information content (AvgIpc) is 3.06. The highest BCUT2D eigenvalue weighted by molar-refractivity contribution is 9.10. The Kier molecular flexibility index (Phi) is 8.82. The molecule has 1 unspecified atom stereocenters. The summed E-state index contributed by atoms with van der Waals surface area (Å²) in [5.74, 6) is 0.973. The molecular weight excluding hydrogens is 618 g/mol. The molecule has 5 rings (SSSR count). The Hall–Kier alpha value is -3.12. The lowest BCUT2D eigenvalue weighted by Crippen LogP contribution is -2.41. The van der Waals surface area contributed by atoms with E-state index in [2.05, 4.69) is 20.8 Å². The normalized spacial score (nSPS) is 19.6. The summed E-state index contributed by atoms with van der Waals surface area (Å²) in [5.41, 5.74) is 1.77. The molecule has 0 bridgehead atoms. The molecule has 0 N–H and O–H groups in total. The van der Waals surface area contributed by atoms with E-state index < -0.39 is 23.4 Å². The molecule has 0 radical (unpaired) electrons. The Balaban J connectivity index is 1.54. The molecule has 0 spiro atoms. The van der Waals surface area contributed by atoms with Crippen LogP contribution in [0.25, 0.3) is 0 Å². The van der Waals surface area contributed by atoms with Gasteiger partial charge in [0.05, 0.1) is 18.8 Å². The largest absolute Gasteiger partial charge is 0.481 e. The van der Waals surface area contributed by atoms with E-state index in [9.17, 15) is 9.59 Å². The maximum atomic E-state index is 14.0. The summed E-state index contributed by atoms with van der Waals surface area (Å²) >= 11 is 3.66. The third-order valence-corrected chi connectivity index (χ3v) is 8.06. The van der Waals surface area contributed by atoms with Crippen LogP contribution in [0.5, 0.6) is 5.75 Å². The fourth-order valence-corrected chi connectivity index (χ4v) is 6.12. The number of halogens is 1. The molecule has 11 nitrogen and oxygen atoms in total. The van der Waals surface area contributed by atoms with Crippen molar-refractivity contribution in [2.75, 3.05) is 49.2 Å². The zero-order chi connectivity index (χ0) is 31.1. The van der Waals surface area contributed by atoms with Gasteiger partial charge in [-0.15, -0.1) is 0 Å². The van der Waals surface area contributed by atoms with Crippen LogP contribution in [0, 0.1) is 0 Å². The van der Waals surface area contributed by atoms with Gasteiger partial charge in [0, 0.05) is 49.7 Å². The lowest BCUT2D eigenvalue weighted by molar-refractivity contribution is 0.0203. The zero-order valence-corrected chi connectivity index (χ0v) is 27.7. The van der Waals surface area contributed by atoms with Gasteiger partial charge in [0.25, 0.3) is 0 Å². The Morgan fingerprint density at radius 2 is 1.58 bits per heavy atom. The highest BCUT2D eigenvalue weighted by atomic mass is 79.9. The SMILES string of the molecule is CC1Oc2c(cc(C3CCN(C(=O)OC(C)(C)C)CC3)nc2Br)N(C(=O)OC(C)(C)C)c2nccc(N3CCOCC3)c21. The van der Waals surface area contributed by atoms with Crippen LogP contribution < -0.4 is 14.5 Å². The number of fused-ring (bicyclic) bond motifs is 2. The van der Waals surface area contributed by atoms with Gasteiger partial charge < -0.3 is 28.7 Å². The van der Waals surface area contributed by atoms with Gasteiger partial charge in [-0.2, -0.15) is 0 Å². The van der Waals surface area contributed by atoms with Crippen molar-refractivity contribution < 1.29 is 28.5 Å². The van der Waals surface area contributed by atoms with E-state index in [0.29, 0.717) is 61.0 Å². The van der Waals surface area contributed by atoms with Crippen molar-refractivity contribution in [1.29, 1.82) is 0 Å². The summed E-state index contributed by atoms with van der Waals surface area (Å²) < 4.78 is 24.2. The van der Waals surface area contributed by atoms with Crippen LogP contribution in [-0.2, 0) is 14.2 Å². The molecule has 0 saturated carbocycles. The molecule has 3 aliphatic heterocycles. The minimum absolute atomic E-state index is 0.0635. The molecule has 2 aromatic rings. The fraction of sp³-hybridized carbons (Fsp3) is 0.613. The van der Waals surface area contributed by atoms with Crippen LogP contribution in [0.1, 0.15) is 84.6 Å². The van der Waals surface area contributed by atoms with Crippen molar-refractivity contribution in [2.24, 2.45) is 0 Å². The number of carbonyl (C=O) groups excluding carboxylic acids is 2. The first kappa shape index (κ1) is 31.3. The Labute approximate surface area is 261 Å². The number of likely N-dealkylation sites (tertiary alicyclic amines) is 1. The molecule has 1 atom stereocenters. The molecule has 2 aromatic heterocycles. The predicted molar refractivity (Wildman–Crippen MR) is 166 cm³/mol. The molecule has 2 amide bonds. The van der Waals surface area contributed by atoms with Crippen molar-refractivity contribution in [3.8, 4) is 5.75 Å². The number of nitrogens with zero attached hydrogens (tertiary/aromatic N) is 5. The number of rotatable bonds is 2. The molecule has 0 aromatic carbocycles. The van der Waals surface area contributed by atoms with E-state index in [-0.39, 0.29) is 12.0 Å². The van der Waals surface area contributed by atoms with Crippen LogP contribution in [0.2, 0.25) is 0 Å². The van der Waals surface area contributed by atoms with Crippen LogP contribution in [0.3, 0.4) is 0 Å². The minimum Gasteiger partial charge on any atom is -0.481 e. The van der Waals surface area contributed by atoms with Crippen molar-refractivity contribution >= 4 is 45.3 Å². The number of amides is 2. The van der Waals surface area contributed by atoms with Gasteiger partial charge in [-0.3, -0.25) is 0 Å². The first-order valence-corrected chi connectivity index (χ1v) is 15.7. The summed E-state index contributed by atoms with van der Waals surface area (Å²) in [6, 6.07) is 3.87. The number of hydrogen-bond donors (Lipinski definition) is 0. The van der Waals surface area contributed by atoms with E-state index >= 15 is 0 Å². The maximum Gasteiger partial charge on any atom is 0.420 e. The van der Waals surface area contributed by atoms with Gasteiger partial charge in [0.15, 0.2) is 16.2 Å². The van der Waals surface area contributed by atoms with Crippen LogP contribution in [-0.4, -0.2) is 77.6 Å². The number of pyridine rings is 2. The number of aromatic nitrogens is 2. The lowest BCUT2D eigenvalue weighted by atomic mass is 9.93. The van der Waals surface area contributed by atoms with Gasteiger partial charge >= 0.3 is 12.2 Å². The third-order valence-electron chi connectivity index (χ3n) is 7.52. The van der Waals surface area contributed by atoms with Gasteiger partial charge in [0.2, 0.25) is 0 Å². The number of hydrogen-bond acceptors (Lipinski definition) is 9. The molecule has 234 valence electrons. The summed E-state index contributed by atoms with van der Waals surface area (Å²) in [6.07, 6.45) is 1.84. The molecule has 5 heterocycles. The Morgan fingerprint density at radius 1 is 0.953 bits per heavy atom. The van der Waals surface area contributed by atoms with Gasteiger partial charge in [-0.1, -0.05) is 0 Å². The van der Waals surface area contributed by atoms with Crippen molar-refractivity contribution in [3.63, 3.8) is 0 Å². The second-order valence-electron chi connectivity index (χ2n) is 13.2. The summed E-state index contributed by atoms with van der Waals surface area (Å²) in [5, 5.41) is 0. The number of carbonyl (C=O) groups is 2. The minimum atomic E-state index is -0.737. The van der Waals surface area contributed by atoms with E-state index in [1.54, 1.807) is 11.1 Å². The first-order chi connectivity index (χ1) is 20.2. The Bertz CT molecular complexity index is 1360. The van der Waals surface area contributed by atoms with Crippen LogP contribution in [0.4, 0.5) is 26.8 Å². The average molecular weight is 661 g/mol. The van der Waals surface area contributed by atoms with E-state index in [1.165, 1.54) is 4.90 Å². The van der Waals surface area contributed by atoms with Crippen molar-refractivity contribution in [3.05, 3.63) is 34.2 Å². The Morgan fingerprint density at radius 3 is 2.21 bits per heavy atom. The molecule has 0 aliphatic carbocycles. The maximum absolute atomic E-state index is 14.0. The van der Waals surface area contributed by atoms with Crippen LogP contribution in [0.15, 0.2) is 22.9 Å². The van der Waals surface area contributed by atoms with E-state index in [4.69, 9.17) is 28.9 Å².